The van der Waals surface area contributed by atoms with Gasteiger partial charge in [-0.05, 0) is 24.3 Å². The number of carbonyl (C=O) groups excluding carboxylic acids is 1. The highest BCUT2D eigenvalue weighted by atomic mass is 35.5. The molecule has 122 valence electrons. The van der Waals surface area contributed by atoms with Crippen LogP contribution in [0.15, 0.2) is 29.2 Å². The fourth-order valence-corrected chi connectivity index (χ4v) is 3.84. The SMILES string of the molecule is O=C(CCC(F)(F)F)N1CC(S(=O)(=O)c2ccc(Cl)cc2)C1. The Morgan fingerprint density at radius 1 is 1.23 bits per heavy atom. The van der Waals surface area contributed by atoms with E-state index in [1.54, 1.807) is 0 Å². The zero-order valence-electron chi connectivity index (χ0n) is 11.3. The van der Waals surface area contributed by atoms with Gasteiger partial charge in [0.25, 0.3) is 0 Å². The van der Waals surface area contributed by atoms with Gasteiger partial charge < -0.3 is 4.90 Å². The van der Waals surface area contributed by atoms with E-state index in [1.165, 1.54) is 24.3 Å². The molecule has 1 saturated heterocycles. The van der Waals surface area contributed by atoms with Gasteiger partial charge in [0.2, 0.25) is 5.91 Å². The van der Waals surface area contributed by atoms with E-state index in [0.717, 1.165) is 4.90 Å². The molecule has 0 aliphatic carbocycles. The summed E-state index contributed by atoms with van der Waals surface area (Å²) in [5.41, 5.74) is 0. The molecule has 0 atom stereocenters. The standard InChI is InChI=1S/C13H13ClF3NO3S/c14-9-1-3-10(4-2-9)22(20,21)11-7-18(8-11)12(19)5-6-13(15,16)17/h1-4,11H,5-8H2. The van der Waals surface area contributed by atoms with Gasteiger partial charge in [0.15, 0.2) is 9.84 Å². The Kier molecular flexibility index (Phi) is 4.72. The lowest BCUT2D eigenvalue weighted by Crippen LogP contribution is -2.56. The van der Waals surface area contributed by atoms with E-state index in [2.05, 4.69) is 0 Å². The van der Waals surface area contributed by atoms with Gasteiger partial charge in [0.05, 0.1) is 11.3 Å². The second-order valence-corrected chi connectivity index (χ2v) is 7.70. The number of nitrogens with zero attached hydrogens (tertiary/aromatic N) is 1. The number of halogens is 4. The van der Waals surface area contributed by atoms with Gasteiger partial charge in [-0.15, -0.1) is 0 Å². The van der Waals surface area contributed by atoms with Crippen molar-refractivity contribution in [3.8, 4) is 0 Å². The Labute approximate surface area is 130 Å². The lowest BCUT2D eigenvalue weighted by atomic mass is 10.1. The van der Waals surface area contributed by atoms with Crippen LogP contribution in [0.3, 0.4) is 0 Å². The highest BCUT2D eigenvalue weighted by Gasteiger charge is 2.41. The van der Waals surface area contributed by atoms with Gasteiger partial charge >= 0.3 is 6.18 Å². The normalized spacial score (nSPS) is 16.5. The van der Waals surface area contributed by atoms with E-state index < -0.39 is 40.0 Å². The molecule has 1 aromatic rings. The van der Waals surface area contributed by atoms with Crippen molar-refractivity contribution in [2.45, 2.75) is 29.2 Å². The van der Waals surface area contributed by atoms with E-state index in [4.69, 9.17) is 11.6 Å². The Hall–Kier alpha value is -1.28. The lowest BCUT2D eigenvalue weighted by Gasteiger charge is -2.38. The van der Waals surface area contributed by atoms with Crippen LogP contribution in [-0.2, 0) is 14.6 Å². The second kappa shape index (κ2) is 6.08. The summed E-state index contributed by atoms with van der Waals surface area (Å²) in [6.45, 7) is -0.163. The zero-order valence-corrected chi connectivity index (χ0v) is 12.9. The van der Waals surface area contributed by atoms with E-state index in [1.807, 2.05) is 0 Å². The topological polar surface area (TPSA) is 54.5 Å². The van der Waals surface area contributed by atoms with E-state index in [0.29, 0.717) is 5.02 Å². The number of hydrogen-bond donors (Lipinski definition) is 0. The summed E-state index contributed by atoms with van der Waals surface area (Å²) in [5.74, 6) is -0.681. The Bertz CT molecular complexity index is 652. The monoisotopic (exact) mass is 355 g/mol. The van der Waals surface area contributed by atoms with Crippen LogP contribution in [0, 0.1) is 0 Å². The molecule has 1 aliphatic heterocycles. The number of sulfone groups is 1. The van der Waals surface area contributed by atoms with Crippen molar-refractivity contribution in [2.24, 2.45) is 0 Å². The van der Waals surface area contributed by atoms with Gasteiger partial charge in [-0.3, -0.25) is 4.79 Å². The first-order valence-electron chi connectivity index (χ1n) is 6.43. The van der Waals surface area contributed by atoms with Crippen LogP contribution in [0.2, 0.25) is 5.02 Å². The molecule has 1 heterocycles. The molecular weight excluding hydrogens is 343 g/mol. The lowest BCUT2D eigenvalue weighted by molar-refractivity contribution is -0.150. The number of likely N-dealkylation sites (tertiary alicyclic amines) is 1. The molecule has 2 rings (SSSR count). The maximum Gasteiger partial charge on any atom is 0.389 e. The van der Waals surface area contributed by atoms with E-state index >= 15 is 0 Å². The van der Waals surface area contributed by atoms with E-state index in [-0.39, 0.29) is 18.0 Å². The first kappa shape index (κ1) is 17.1. The first-order chi connectivity index (χ1) is 10.1. The van der Waals surface area contributed by atoms with Crippen LogP contribution >= 0.6 is 11.6 Å². The molecule has 0 N–H and O–H groups in total. The third-order valence-corrected chi connectivity index (χ3v) is 5.76. The van der Waals surface area contributed by atoms with Crippen LogP contribution in [0.25, 0.3) is 0 Å². The van der Waals surface area contributed by atoms with Gasteiger partial charge in [-0.25, -0.2) is 8.42 Å². The molecule has 0 bridgehead atoms. The molecule has 9 heteroatoms. The fraction of sp³-hybridized carbons (Fsp3) is 0.462. The van der Waals surface area contributed by atoms with E-state index in [9.17, 15) is 26.4 Å². The first-order valence-corrected chi connectivity index (χ1v) is 8.36. The van der Waals surface area contributed by atoms with Crippen molar-refractivity contribution >= 4 is 27.3 Å². The van der Waals surface area contributed by atoms with Gasteiger partial charge in [-0.2, -0.15) is 13.2 Å². The van der Waals surface area contributed by atoms with Crippen molar-refractivity contribution in [1.29, 1.82) is 0 Å². The molecule has 1 amide bonds. The van der Waals surface area contributed by atoms with Crippen LogP contribution in [0.1, 0.15) is 12.8 Å². The minimum atomic E-state index is -4.39. The van der Waals surface area contributed by atoms with Crippen LogP contribution in [0.4, 0.5) is 13.2 Å². The van der Waals surface area contributed by atoms with Crippen LogP contribution in [0.5, 0.6) is 0 Å². The minimum absolute atomic E-state index is 0.0817. The molecule has 1 fully saturated rings. The summed E-state index contributed by atoms with van der Waals surface area (Å²) in [7, 11) is -3.60. The molecule has 22 heavy (non-hydrogen) atoms. The Balaban J connectivity index is 1.93. The highest BCUT2D eigenvalue weighted by Crippen LogP contribution is 2.27. The molecule has 1 aromatic carbocycles. The van der Waals surface area contributed by atoms with Crippen molar-refractivity contribution in [1.82, 2.24) is 4.90 Å². The predicted molar refractivity (Wildman–Crippen MR) is 74.3 cm³/mol. The Morgan fingerprint density at radius 3 is 2.27 bits per heavy atom. The van der Waals surface area contributed by atoms with Crippen molar-refractivity contribution in [3.63, 3.8) is 0 Å². The summed E-state index contributed by atoms with van der Waals surface area (Å²) in [5, 5.41) is -0.389. The average molecular weight is 356 g/mol. The van der Waals surface area contributed by atoms with Gasteiger partial charge in [0, 0.05) is 24.5 Å². The second-order valence-electron chi connectivity index (χ2n) is 5.03. The number of hydrogen-bond acceptors (Lipinski definition) is 3. The summed E-state index contributed by atoms with van der Waals surface area (Å²) in [6.07, 6.45) is -6.25. The zero-order chi connectivity index (χ0) is 16.5. The largest absolute Gasteiger partial charge is 0.389 e. The molecule has 4 nitrogen and oxygen atoms in total. The number of alkyl halides is 3. The predicted octanol–water partition coefficient (Wildman–Crippen LogP) is 2.67. The van der Waals surface area contributed by atoms with Crippen molar-refractivity contribution in [3.05, 3.63) is 29.3 Å². The molecular formula is C13H13ClF3NO3S. The third kappa shape index (κ3) is 3.92. The summed E-state index contributed by atoms with van der Waals surface area (Å²) >= 11 is 5.69. The third-order valence-electron chi connectivity index (χ3n) is 3.40. The van der Waals surface area contributed by atoms with Gasteiger partial charge in [0.1, 0.15) is 5.25 Å². The van der Waals surface area contributed by atoms with Crippen molar-refractivity contribution < 1.29 is 26.4 Å². The fourth-order valence-electron chi connectivity index (χ4n) is 2.06. The van der Waals surface area contributed by atoms with Crippen LogP contribution in [-0.4, -0.2) is 43.7 Å². The maximum atomic E-state index is 12.2. The molecule has 1 aliphatic rings. The molecule has 0 aromatic heterocycles. The smallest absolute Gasteiger partial charge is 0.340 e. The van der Waals surface area contributed by atoms with Crippen LogP contribution < -0.4 is 0 Å². The summed E-state index contributed by atoms with van der Waals surface area (Å²) < 4.78 is 60.6. The molecule has 0 saturated carbocycles. The number of rotatable bonds is 4. The Morgan fingerprint density at radius 2 is 1.77 bits per heavy atom. The molecule has 0 spiro atoms. The highest BCUT2D eigenvalue weighted by molar-refractivity contribution is 7.92. The number of carbonyl (C=O) groups is 1. The molecule has 0 radical (unpaired) electrons. The summed E-state index contributed by atoms with van der Waals surface area (Å²) in [4.78, 5) is 12.8. The van der Waals surface area contributed by atoms with Gasteiger partial charge in [-0.1, -0.05) is 11.6 Å². The average Bonchev–Trinajstić information content (AvgIpc) is 2.34. The quantitative estimate of drug-likeness (QED) is 0.834. The molecule has 0 unspecified atom stereocenters. The number of amides is 1. The minimum Gasteiger partial charge on any atom is -0.340 e. The number of benzene rings is 1. The summed E-state index contributed by atoms with van der Waals surface area (Å²) in [6, 6.07) is 5.62. The maximum absolute atomic E-state index is 12.2. The van der Waals surface area contributed by atoms with Crippen molar-refractivity contribution in [2.75, 3.05) is 13.1 Å².